The van der Waals surface area contributed by atoms with Crippen molar-refractivity contribution >= 4 is 12.1 Å². The SMILES string of the molecule is CC1C[C@@H](CN=C(N)N)CN1C(=O)O. The number of rotatable bonds is 2. The molecule has 0 bridgehead atoms. The van der Waals surface area contributed by atoms with Crippen LogP contribution >= 0.6 is 0 Å². The van der Waals surface area contributed by atoms with Gasteiger partial charge in [0, 0.05) is 19.1 Å². The van der Waals surface area contributed by atoms with Crippen LogP contribution in [0.3, 0.4) is 0 Å². The van der Waals surface area contributed by atoms with Gasteiger partial charge in [0.15, 0.2) is 5.96 Å². The van der Waals surface area contributed by atoms with Crippen LogP contribution in [0.25, 0.3) is 0 Å². The van der Waals surface area contributed by atoms with E-state index in [2.05, 4.69) is 4.99 Å². The predicted octanol–water partition coefficient (Wildman–Crippen LogP) is -0.352. The summed E-state index contributed by atoms with van der Waals surface area (Å²) < 4.78 is 0. The monoisotopic (exact) mass is 200 g/mol. The number of likely N-dealkylation sites (tertiary alicyclic amines) is 1. The average molecular weight is 200 g/mol. The van der Waals surface area contributed by atoms with Crippen LogP contribution in [0.2, 0.25) is 0 Å². The van der Waals surface area contributed by atoms with E-state index in [1.165, 1.54) is 4.90 Å². The lowest BCUT2D eigenvalue weighted by Gasteiger charge is -2.16. The molecule has 6 heteroatoms. The Hall–Kier alpha value is -1.46. The Morgan fingerprint density at radius 2 is 2.29 bits per heavy atom. The van der Waals surface area contributed by atoms with Gasteiger partial charge >= 0.3 is 6.09 Å². The fourth-order valence-corrected chi connectivity index (χ4v) is 1.78. The van der Waals surface area contributed by atoms with Crippen LogP contribution in [-0.2, 0) is 0 Å². The first-order valence-electron chi connectivity index (χ1n) is 4.55. The molecule has 1 aliphatic rings. The van der Waals surface area contributed by atoms with E-state index < -0.39 is 6.09 Å². The molecule has 1 saturated heterocycles. The fourth-order valence-electron chi connectivity index (χ4n) is 1.78. The molecule has 1 heterocycles. The summed E-state index contributed by atoms with van der Waals surface area (Å²) in [6.07, 6.45) is -0.0481. The Bertz CT molecular complexity index is 250. The Morgan fingerprint density at radius 1 is 1.64 bits per heavy atom. The molecule has 0 aromatic carbocycles. The minimum atomic E-state index is -0.871. The Morgan fingerprint density at radius 3 is 2.71 bits per heavy atom. The lowest BCUT2D eigenvalue weighted by atomic mass is 10.1. The summed E-state index contributed by atoms with van der Waals surface area (Å²) in [5.74, 6) is 0.301. The van der Waals surface area contributed by atoms with Crippen molar-refractivity contribution in [3.63, 3.8) is 0 Å². The summed E-state index contributed by atoms with van der Waals surface area (Å²) in [6.45, 7) is 2.92. The maximum Gasteiger partial charge on any atom is 0.407 e. The lowest BCUT2D eigenvalue weighted by Crippen LogP contribution is -2.32. The lowest BCUT2D eigenvalue weighted by molar-refractivity contribution is 0.142. The molecule has 14 heavy (non-hydrogen) atoms. The summed E-state index contributed by atoms with van der Waals surface area (Å²) in [4.78, 5) is 16.0. The third-order valence-corrected chi connectivity index (χ3v) is 2.44. The van der Waals surface area contributed by atoms with Crippen molar-refractivity contribution in [3.8, 4) is 0 Å². The van der Waals surface area contributed by atoms with Crippen LogP contribution in [0.4, 0.5) is 4.79 Å². The first-order valence-corrected chi connectivity index (χ1v) is 4.55. The van der Waals surface area contributed by atoms with Crippen molar-refractivity contribution in [2.24, 2.45) is 22.4 Å². The van der Waals surface area contributed by atoms with E-state index in [4.69, 9.17) is 16.6 Å². The van der Waals surface area contributed by atoms with Crippen LogP contribution in [0, 0.1) is 5.92 Å². The molecule has 1 rings (SSSR count). The second-order valence-electron chi connectivity index (χ2n) is 3.65. The van der Waals surface area contributed by atoms with Gasteiger partial charge in [0.2, 0.25) is 0 Å². The van der Waals surface area contributed by atoms with Gasteiger partial charge in [-0.25, -0.2) is 4.79 Å². The zero-order valence-electron chi connectivity index (χ0n) is 8.18. The third-order valence-electron chi connectivity index (χ3n) is 2.44. The largest absolute Gasteiger partial charge is 0.465 e. The summed E-state index contributed by atoms with van der Waals surface area (Å²) in [5.41, 5.74) is 10.4. The molecule has 6 nitrogen and oxygen atoms in total. The van der Waals surface area contributed by atoms with Gasteiger partial charge in [0.25, 0.3) is 0 Å². The molecule has 1 fully saturated rings. The predicted molar refractivity (Wildman–Crippen MR) is 53.0 cm³/mol. The van der Waals surface area contributed by atoms with Gasteiger partial charge in [-0.3, -0.25) is 4.99 Å². The summed E-state index contributed by atoms with van der Waals surface area (Å²) in [6, 6.07) is 0.0618. The minimum absolute atomic E-state index is 0.0615. The standard InChI is InChI=1S/C8H16N4O2/c1-5-2-6(3-11-7(9)10)4-12(5)8(13)14/h5-6H,2-4H2,1H3,(H,13,14)(H4,9,10,11)/t5?,6-/m0/s1. The van der Waals surface area contributed by atoms with Crippen LogP contribution in [0.5, 0.6) is 0 Å². The van der Waals surface area contributed by atoms with Gasteiger partial charge in [-0.1, -0.05) is 0 Å². The smallest absolute Gasteiger partial charge is 0.407 e. The number of aliphatic imine (C=N–C) groups is 1. The molecule has 1 amide bonds. The Labute approximate surface area is 82.6 Å². The summed E-state index contributed by atoms with van der Waals surface area (Å²) in [5, 5.41) is 8.82. The topological polar surface area (TPSA) is 105 Å². The van der Waals surface area contributed by atoms with Crippen LogP contribution in [0.1, 0.15) is 13.3 Å². The van der Waals surface area contributed by atoms with Crippen molar-refractivity contribution in [2.75, 3.05) is 13.1 Å². The molecule has 0 aliphatic carbocycles. The number of carboxylic acid groups (broad SMARTS) is 1. The molecule has 5 N–H and O–H groups in total. The second-order valence-corrected chi connectivity index (χ2v) is 3.65. The van der Waals surface area contributed by atoms with Crippen molar-refractivity contribution in [1.82, 2.24) is 4.90 Å². The molecular formula is C8H16N4O2. The summed E-state index contributed by atoms with van der Waals surface area (Å²) in [7, 11) is 0. The molecule has 0 radical (unpaired) electrons. The highest BCUT2D eigenvalue weighted by atomic mass is 16.4. The van der Waals surface area contributed by atoms with Gasteiger partial charge in [-0.05, 0) is 19.3 Å². The van der Waals surface area contributed by atoms with Gasteiger partial charge in [-0.2, -0.15) is 0 Å². The molecule has 1 unspecified atom stereocenters. The van der Waals surface area contributed by atoms with Crippen LogP contribution in [-0.4, -0.2) is 41.2 Å². The zero-order valence-corrected chi connectivity index (χ0v) is 8.18. The quantitative estimate of drug-likeness (QED) is 0.418. The highest BCUT2D eigenvalue weighted by Crippen LogP contribution is 2.22. The normalized spacial score (nSPS) is 26.2. The fraction of sp³-hybridized carbons (Fsp3) is 0.750. The highest BCUT2D eigenvalue weighted by Gasteiger charge is 2.31. The van der Waals surface area contributed by atoms with E-state index in [1.54, 1.807) is 0 Å². The van der Waals surface area contributed by atoms with Gasteiger partial charge in [-0.15, -0.1) is 0 Å². The van der Waals surface area contributed by atoms with Crippen molar-refractivity contribution in [2.45, 2.75) is 19.4 Å². The molecule has 1 aliphatic heterocycles. The van der Waals surface area contributed by atoms with E-state index in [-0.39, 0.29) is 17.9 Å². The number of carbonyl (C=O) groups is 1. The molecule has 2 atom stereocenters. The second kappa shape index (κ2) is 4.17. The molecular weight excluding hydrogens is 184 g/mol. The Balaban J connectivity index is 2.47. The van der Waals surface area contributed by atoms with E-state index >= 15 is 0 Å². The van der Waals surface area contributed by atoms with Crippen molar-refractivity contribution < 1.29 is 9.90 Å². The first kappa shape index (κ1) is 10.6. The van der Waals surface area contributed by atoms with Crippen molar-refractivity contribution in [3.05, 3.63) is 0 Å². The number of nitrogens with two attached hydrogens (primary N) is 2. The number of hydrogen-bond donors (Lipinski definition) is 3. The number of nitrogens with zero attached hydrogens (tertiary/aromatic N) is 2. The minimum Gasteiger partial charge on any atom is -0.465 e. The van der Waals surface area contributed by atoms with Gasteiger partial charge in [0.1, 0.15) is 0 Å². The van der Waals surface area contributed by atoms with E-state index in [0.717, 1.165) is 6.42 Å². The Kier molecular flexibility index (Phi) is 3.16. The molecule has 0 aromatic rings. The van der Waals surface area contributed by atoms with Crippen LogP contribution < -0.4 is 11.5 Å². The maximum absolute atomic E-state index is 10.7. The van der Waals surface area contributed by atoms with Gasteiger partial charge in [0.05, 0.1) is 0 Å². The number of amides is 1. The van der Waals surface area contributed by atoms with Crippen LogP contribution in [0.15, 0.2) is 4.99 Å². The average Bonchev–Trinajstić information content (AvgIpc) is 2.43. The van der Waals surface area contributed by atoms with Crippen molar-refractivity contribution in [1.29, 1.82) is 0 Å². The molecule has 0 saturated carbocycles. The first-order chi connectivity index (χ1) is 6.50. The highest BCUT2D eigenvalue weighted by molar-refractivity contribution is 5.75. The number of hydrogen-bond acceptors (Lipinski definition) is 2. The molecule has 0 aromatic heterocycles. The van der Waals surface area contributed by atoms with E-state index in [9.17, 15) is 4.79 Å². The number of guanidine groups is 1. The van der Waals surface area contributed by atoms with E-state index in [1.807, 2.05) is 6.92 Å². The maximum atomic E-state index is 10.7. The molecule has 0 spiro atoms. The zero-order chi connectivity index (χ0) is 10.7. The summed E-state index contributed by atoms with van der Waals surface area (Å²) >= 11 is 0. The third kappa shape index (κ3) is 2.51. The van der Waals surface area contributed by atoms with Gasteiger partial charge < -0.3 is 21.5 Å². The molecule has 80 valence electrons. The van der Waals surface area contributed by atoms with E-state index in [0.29, 0.717) is 13.1 Å².